The summed E-state index contributed by atoms with van der Waals surface area (Å²) in [5.41, 5.74) is 0.745. The Hall–Kier alpha value is -0.810. The van der Waals surface area contributed by atoms with Crippen molar-refractivity contribution in [1.29, 1.82) is 0 Å². The van der Waals surface area contributed by atoms with Gasteiger partial charge in [-0.25, -0.2) is 0 Å². The summed E-state index contributed by atoms with van der Waals surface area (Å²) in [7, 11) is 1.92. The Morgan fingerprint density at radius 3 is 2.84 bits per heavy atom. The van der Waals surface area contributed by atoms with Gasteiger partial charge in [0.15, 0.2) is 5.58 Å². The molecule has 0 spiro atoms. The van der Waals surface area contributed by atoms with E-state index in [9.17, 15) is 0 Å². The first-order valence-corrected chi connectivity index (χ1v) is 7.83. The number of fused-ring (bicyclic) bond motifs is 1. The maximum Gasteiger partial charge on any atom is 0.152 e. The minimum Gasteiger partial charge on any atom is -0.457 e. The number of para-hydroxylation sites is 1. The maximum atomic E-state index is 6.15. The van der Waals surface area contributed by atoms with Crippen LogP contribution in [0, 0.1) is 0 Å². The monoisotopic (exact) mass is 355 g/mol. The van der Waals surface area contributed by atoms with E-state index in [-0.39, 0.29) is 6.04 Å². The molecule has 1 aromatic carbocycles. The summed E-state index contributed by atoms with van der Waals surface area (Å²) in [5, 5.41) is 7.02. The summed E-state index contributed by atoms with van der Waals surface area (Å²) in [6.07, 6.45) is 0. The first-order chi connectivity index (χ1) is 9.19. The van der Waals surface area contributed by atoms with Crippen LogP contribution in [0.3, 0.4) is 0 Å². The standard InChI is InChI=1S/C14H11BrClNOS/c1-17-13(12-6-9(15)7-19-12)11-5-8-3-2-4-10(16)14(8)18-11/h2-7,13,17H,1H3. The molecule has 3 rings (SSSR count). The van der Waals surface area contributed by atoms with Crippen LogP contribution in [-0.2, 0) is 0 Å². The van der Waals surface area contributed by atoms with Crippen molar-refractivity contribution in [2.75, 3.05) is 7.05 Å². The van der Waals surface area contributed by atoms with Crippen LogP contribution in [-0.4, -0.2) is 7.05 Å². The third-order valence-corrected chi connectivity index (χ3v) is 5.02. The van der Waals surface area contributed by atoms with Gasteiger partial charge in [-0.15, -0.1) is 11.3 Å². The third kappa shape index (κ3) is 2.46. The van der Waals surface area contributed by atoms with Crippen molar-refractivity contribution in [3.63, 3.8) is 0 Å². The highest BCUT2D eigenvalue weighted by atomic mass is 79.9. The first kappa shape index (κ1) is 13.2. The van der Waals surface area contributed by atoms with E-state index in [1.807, 2.05) is 31.3 Å². The number of halogens is 2. The average Bonchev–Trinajstić information content (AvgIpc) is 2.98. The zero-order valence-corrected chi connectivity index (χ0v) is 13.3. The highest BCUT2D eigenvalue weighted by Gasteiger charge is 2.19. The average molecular weight is 357 g/mol. The topological polar surface area (TPSA) is 25.2 Å². The molecule has 0 aliphatic carbocycles. The molecule has 1 N–H and O–H groups in total. The number of hydrogen-bond acceptors (Lipinski definition) is 3. The molecule has 5 heteroatoms. The van der Waals surface area contributed by atoms with Crippen LogP contribution in [0.4, 0.5) is 0 Å². The zero-order chi connectivity index (χ0) is 13.4. The lowest BCUT2D eigenvalue weighted by Crippen LogP contribution is -2.15. The Kier molecular flexibility index (Phi) is 3.67. The smallest absolute Gasteiger partial charge is 0.152 e. The Morgan fingerprint density at radius 2 is 2.21 bits per heavy atom. The summed E-state index contributed by atoms with van der Waals surface area (Å²) in [6, 6.07) is 9.95. The van der Waals surface area contributed by atoms with Gasteiger partial charge in [0.1, 0.15) is 11.8 Å². The molecule has 0 aliphatic heterocycles. The van der Waals surface area contributed by atoms with Crippen molar-refractivity contribution in [2.45, 2.75) is 6.04 Å². The highest BCUT2D eigenvalue weighted by Crippen LogP contribution is 2.34. The molecule has 1 atom stereocenters. The zero-order valence-electron chi connectivity index (χ0n) is 10.1. The van der Waals surface area contributed by atoms with E-state index >= 15 is 0 Å². The van der Waals surface area contributed by atoms with Gasteiger partial charge in [-0.2, -0.15) is 0 Å². The Bertz CT molecular complexity index is 721. The minimum absolute atomic E-state index is 0.0415. The van der Waals surface area contributed by atoms with Crippen molar-refractivity contribution in [1.82, 2.24) is 5.32 Å². The molecule has 98 valence electrons. The molecule has 2 aromatic heterocycles. The van der Waals surface area contributed by atoms with Gasteiger partial charge in [-0.05, 0) is 41.2 Å². The van der Waals surface area contributed by atoms with E-state index in [4.69, 9.17) is 16.0 Å². The fourth-order valence-electron chi connectivity index (χ4n) is 2.09. The van der Waals surface area contributed by atoms with E-state index in [1.54, 1.807) is 11.3 Å². The summed E-state index contributed by atoms with van der Waals surface area (Å²) < 4.78 is 7.00. The molecule has 3 aromatic rings. The van der Waals surface area contributed by atoms with E-state index in [0.29, 0.717) is 5.02 Å². The normalized spacial score (nSPS) is 13.0. The van der Waals surface area contributed by atoms with Crippen molar-refractivity contribution >= 4 is 49.8 Å². The second-order valence-electron chi connectivity index (χ2n) is 4.20. The predicted molar refractivity (Wildman–Crippen MR) is 84.1 cm³/mol. The summed E-state index contributed by atoms with van der Waals surface area (Å²) >= 11 is 11.3. The lowest BCUT2D eigenvalue weighted by Gasteiger charge is -2.10. The van der Waals surface area contributed by atoms with Crippen LogP contribution in [0.5, 0.6) is 0 Å². The number of furan rings is 1. The lowest BCUT2D eigenvalue weighted by atomic mass is 10.1. The summed E-state index contributed by atoms with van der Waals surface area (Å²) in [5.74, 6) is 0.875. The van der Waals surface area contributed by atoms with E-state index in [1.165, 1.54) is 4.88 Å². The maximum absolute atomic E-state index is 6.15. The molecule has 19 heavy (non-hydrogen) atoms. The number of benzene rings is 1. The van der Waals surface area contributed by atoms with Gasteiger partial charge in [0, 0.05) is 20.1 Å². The van der Waals surface area contributed by atoms with Crippen LogP contribution >= 0.6 is 38.9 Å². The van der Waals surface area contributed by atoms with Crippen LogP contribution in [0.25, 0.3) is 11.0 Å². The molecule has 2 nitrogen and oxygen atoms in total. The van der Waals surface area contributed by atoms with Crippen molar-refractivity contribution in [2.24, 2.45) is 0 Å². The molecule has 1 unspecified atom stereocenters. The molecular formula is C14H11BrClNOS. The van der Waals surface area contributed by atoms with Crippen LogP contribution < -0.4 is 5.32 Å². The molecule has 0 amide bonds. The molecule has 0 saturated carbocycles. The van der Waals surface area contributed by atoms with E-state index in [0.717, 1.165) is 21.2 Å². The lowest BCUT2D eigenvalue weighted by molar-refractivity contribution is 0.495. The van der Waals surface area contributed by atoms with E-state index < -0.39 is 0 Å². The van der Waals surface area contributed by atoms with Gasteiger partial charge in [0.25, 0.3) is 0 Å². The highest BCUT2D eigenvalue weighted by molar-refractivity contribution is 9.10. The quantitative estimate of drug-likeness (QED) is 0.696. The fraction of sp³-hybridized carbons (Fsp3) is 0.143. The molecule has 0 fully saturated rings. The SMILES string of the molecule is CNC(c1cc2cccc(Cl)c2o1)c1cc(Br)cs1. The van der Waals surface area contributed by atoms with Gasteiger partial charge in [0.05, 0.1) is 5.02 Å². The molecule has 0 bridgehead atoms. The largest absolute Gasteiger partial charge is 0.457 e. The summed E-state index contributed by atoms with van der Waals surface area (Å²) in [6.45, 7) is 0. The van der Waals surface area contributed by atoms with Crippen LogP contribution in [0.15, 0.2) is 44.6 Å². The molecule has 0 aliphatic rings. The number of rotatable bonds is 3. The Balaban J connectivity index is 2.09. The molecule has 2 heterocycles. The van der Waals surface area contributed by atoms with Crippen LogP contribution in [0.1, 0.15) is 16.7 Å². The predicted octanol–water partition coefficient (Wildman–Crippen LogP) is 5.22. The number of thiophene rings is 1. The van der Waals surface area contributed by atoms with Crippen molar-refractivity contribution < 1.29 is 4.42 Å². The number of nitrogens with one attached hydrogen (secondary N) is 1. The van der Waals surface area contributed by atoms with Gasteiger partial charge >= 0.3 is 0 Å². The van der Waals surface area contributed by atoms with Gasteiger partial charge in [0.2, 0.25) is 0 Å². The number of hydrogen-bond donors (Lipinski definition) is 1. The summed E-state index contributed by atoms with van der Waals surface area (Å²) in [4.78, 5) is 1.20. The van der Waals surface area contributed by atoms with Crippen LogP contribution in [0.2, 0.25) is 5.02 Å². The van der Waals surface area contributed by atoms with Gasteiger partial charge < -0.3 is 9.73 Å². The Morgan fingerprint density at radius 1 is 1.37 bits per heavy atom. The first-order valence-electron chi connectivity index (χ1n) is 5.78. The Labute approximate surface area is 128 Å². The minimum atomic E-state index is 0.0415. The van der Waals surface area contributed by atoms with Gasteiger partial charge in [-0.3, -0.25) is 0 Å². The fourth-order valence-corrected chi connectivity index (χ4v) is 3.87. The van der Waals surface area contributed by atoms with Crippen molar-refractivity contribution in [3.05, 3.63) is 55.8 Å². The second kappa shape index (κ2) is 5.29. The third-order valence-electron chi connectivity index (χ3n) is 2.96. The molecular weight excluding hydrogens is 346 g/mol. The van der Waals surface area contributed by atoms with Gasteiger partial charge in [-0.1, -0.05) is 23.7 Å². The van der Waals surface area contributed by atoms with E-state index in [2.05, 4.69) is 32.7 Å². The van der Waals surface area contributed by atoms with Crippen molar-refractivity contribution in [3.8, 4) is 0 Å². The second-order valence-corrected chi connectivity index (χ2v) is 6.46. The molecule has 0 radical (unpaired) electrons. The molecule has 0 saturated heterocycles.